The van der Waals surface area contributed by atoms with E-state index in [9.17, 15) is 0 Å². The minimum absolute atomic E-state index is 0.398. The molecular formula is C14H23N3. The molecule has 0 aromatic carbocycles. The Balaban J connectivity index is 1.86. The van der Waals surface area contributed by atoms with Gasteiger partial charge in [0.1, 0.15) is 0 Å². The van der Waals surface area contributed by atoms with E-state index >= 15 is 0 Å². The Hall–Kier alpha value is -1.09. The molecule has 1 aliphatic carbocycles. The Labute approximate surface area is 104 Å². The Morgan fingerprint density at radius 2 is 2.35 bits per heavy atom. The van der Waals surface area contributed by atoms with E-state index in [0.29, 0.717) is 6.04 Å². The lowest BCUT2D eigenvalue weighted by Crippen LogP contribution is -2.26. The fourth-order valence-electron chi connectivity index (χ4n) is 2.54. The summed E-state index contributed by atoms with van der Waals surface area (Å²) in [5.41, 5.74) is 2.45. The van der Waals surface area contributed by atoms with Gasteiger partial charge in [0, 0.05) is 24.8 Å². The predicted octanol–water partition coefficient (Wildman–Crippen LogP) is 2.74. The maximum absolute atomic E-state index is 4.39. The molecule has 1 aliphatic rings. The Bertz CT molecular complexity index is 392. The van der Waals surface area contributed by atoms with Gasteiger partial charge in [-0.2, -0.15) is 5.10 Å². The van der Waals surface area contributed by atoms with E-state index < -0.39 is 0 Å². The first-order valence-corrected chi connectivity index (χ1v) is 6.55. The molecule has 3 heteroatoms. The summed E-state index contributed by atoms with van der Waals surface area (Å²) in [6.45, 7) is 5.42. The van der Waals surface area contributed by atoms with Crippen LogP contribution in [0.1, 0.15) is 43.5 Å². The number of rotatable bonds is 4. The Morgan fingerprint density at radius 1 is 1.53 bits per heavy atom. The predicted molar refractivity (Wildman–Crippen MR) is 70.8 cm³/mol. The summed E-state index contributed by atoms with van der Waals surface area (Å²) in [5.74, 6) is 0.805. The molecule has 2 atom stereocenters. The van der Waals surface area contributed by atoms with Crippen molar-refractivity contribution >= 4 is 0 Å². The average Bonchev–Trinajstić information content (AvgIpc) is 2.67. The highest BCUT2D eigenvalue weighted by atomic mass is 15.3. The van der Waals surface area contributed by atoms with Gasteiger partial charge in [0.25, 0.3) is 0 Å². The van der Waals surface area contributed by atoms with Gasteiger partial charge in [-0.05, 0) is 45.6 Å². The van der Waals surface area contributed by atoms with Crippen LogP contribution in [0.2, 0.25) is 0 Å². The SMILES string of the molecule is Cc1nn(C)cc1C(C)NCC1CC=CCC1. The fourth-order valence-corrected chi connectivity index (χ4v) is 2.54. The van der Waals surface area contributed by atoms with Gasteiger partial charge in [-0.3, -0.25) is 4.68 Å². The molecule has 17 heavy (non-hydrogen) atoms. The van der Waals surface area contributed by atoms with Crippen molar-refractivity contribution in [3.05, 3.63) is 29.6 Å². The number of allylic oxidation sites excluding steroid dienone is 2. The van der Waals surface area contributed by atoms with Gasteiger partial charge in [0.2, 0.25) is 0 Å². The van der Waals surface area contributed by atoms with Crippen LogP contribution < -0.4 is 5.32 Å². The molecule has 3 nitrogen and oxygen atoms in total. The van der Waals surface area contributed by atoms with Crippen LogP contribution in [0.5, 0.6) is 0 Å². The van der Waals surface area contributed by atoms with Crippen molar-refractivity contribution in [3.8, 4) is 0 Å². The minimum Gasteiger partial charge on any atom is -0.310 e. The molecule has 0 saturated carbocycles. The molecule has 0 bridgehead atoms. The molecule has 0 amide bonds. The van der Waals surface area contributed by atoms with Crippen LogP contribution in [-0.2, 0) is 7.05 Å². The first kappa shape index (κ1) is 12.4. The number of nitrogens with zero attached hydrogens (tertiary/aromatic N) is 2. The van der Waals surface area contributed by atoms with Crippen molar-refractivity contribution in [1.82, 2.24) is 15.1 Å². The summed E-state index contributed by atoms with van der Waals surface area (Å²) in [6.07, 6.45) is 10.5. The number of hydrogen-bond acceptors (Lipinski definition) is 2. The summed E-state index contributed by atoms with van der Waals surface area (Å²) in [7, 11) is 1.98. The van der Waals surface area contributed by atoms with E-state index in [4.69, 9.17) is 0 Å². The molecular weight excluding hydrogens is 210 g/mol. The van der Waals surface area contributed by atoms with Gasteiger partial charge in [-0.1, -0.05) is 12.2 Å². The van der Waals surface area contributed by atoms with Crippen LogP contribution in [0.15, 0.2) is 18.3 Å². The second-order valence-electron chi connectivity index (χ2n) is 5.12. The van der Waals surface area contributed by atoms with Crippen LogP contribution in [0.25, 0.3) is 0 Å². The van der Waals surface area contributed by atoms with E-state index in [1.54, 1.807) is 0 Å². The second-order valence-corrected chi connectivity index (χ2v) is 5.12. The molecule has 2 rings (SSSR count). The molecule has 94 valence electrons. The lowest BCUT2D eigenvalue weighted by atomic mass is 9.94. The van der Waals surface area contributed by atoms with E-state index in [0.717, 1.165) is 18.2 Å². The zero-order chi connectivity index (χ0) is 12.3. The summed E-state index contributed by atoms with van der Waals surface area (Å²) in [6, 6.07) is 0.398. The maximum Gasteiger partial charge on any atom is 0.0641 e. The zero-order valence-corrected chi connectivity index (χ0v) is 11.1. The summed E-state index contributed by atoms with van der Waals surface area (Å²) >= 11 is 0. The molecule has 0 radical (unpaired) electrons. The Kier molecular flexibility index (Phi) is 4.00. The third-order valence-electron chi connectivity index (χ3n) is 3.61. The van der Waals surface area contributed by atoms with Crippen LogP contribution in [-0.4, -0.2) is 16.3 Å². The van der Waals surface area contributed by atoms with Crippen LogP contribution >= 0.6 is 0 Å². The van der Waals surface area contributed by atoms with Crippen LogP contribution in [0.4, 0.5) is 0 Å². The largest absolute Gasteiger partial charge is 0.310 e. The number of hydrogen-bond donors (Lipinski definition) is 1. The van der Waals surface area contributed by atoms with Gasteiger partial charge >= 0.3 is 0 Å². The third-order valence-corrected chi connectivity index (χ3v) is 3.61. The molecule has 0 fully saturated rings. The number of aryl methyl sites for hydroxylation is 2. The average molecular weight is 233 g/mol. The molecule has 0 spiro atoms. The molecule has 0 aliphatic heterocycles. The smallest absolute Gasteiger partial charge is 0.0641 e. The van der Waals surface area contributed by atoms with Crippen molar-refractivity contribution in [3.63, 3.8) is 0 Å². The quantitative estimate of drug-likeness (QED) is 0.810. The van der Waals surface area contributed by atoms with E-state index in [-0.39, 0.29) is 0 Å². The molecule has 1 heterocycles. The van der Waals surface area contributed by atoms with Crippen molar-refractivity contribution in [2.75, 3.05) is 6.54 Å². The first-order chi connectivity index (χ1) is 8.16. The van der Waals surface area contributed by atoms with Gasteiger partial charge in [0.05, 0.1) is 5.69 Å². The zero-order valence-electron chi connectivity index (χ0n) is 11.1. The summed E-state index contributed by atoms with van der Waals surface area (Å²) in [4.78, 5) is 0. The summed E-state index contributed by atoms with van der Waals surface area (Å²) < 4.78 is 1.90. The molecule has 2 unspecified atom stereocenters. The van der Waals surface area contributed by atoms with E-state index in [2.05, 4.69) is 42.6 Å². The molecule has 1 N–H and O–H groups in total. The van der Waals surface area contributed by atoms with Gasteiger partial charge < -0.3 is 5.32 Å². The van der Waals surface area contributed by atoms with Gasteiger partial charge in [0.15, 0.2) is 0 Å². The van der Waals surface area contributed by atoms with Crippen molar-refractivity contribution in [2.24, 2.45) is 13.0 Å². The number of aromatic nitrogens is 2. The van der Waals surface area contributed by atoms with Crippen molar-refractivity contribution in [2.45, 2.75) is 39.2 Å². The first-order valence-electron chi connectivity index (χ1n) is 6.55. The molecule has 0 saturated heterocycles. The van der Waals surface area contributed by atoms with Crippen LogP contribution in [0.3, 0.4) is 0 Å². The monoisotopic (exact) mass is 233 g/mol. The second kappa shape index (κ2) is 5.50. The topological polar surface area (TPSA) is 29.9 Å². The van der Waals surface area contributed by atoms with Gasteiger partial charge in [-0.15, -0.1) is 0 Å². The standard InChI is InChI=1S/C14H23N3/c1-11(14-10-17(3)16-12(14)2)15-9-13-7-5-4-6-8-13/h4-5,10-11,13,15H,6-9H2,1-3H3. The summed E-state index contributed by atoms with van der Waals surface area (Å²) in [5, 5.41) is 8.03. The highest BCUT2D eigenvalue weighted by Gasteiger charge is 2.14. The molecule has 1 aromatic rings. The highest BCUT2D eigenvalue weighted by molar-refractivity contribution is 5.19. The lowest BCUT2D eigenvalue weighted by molar-refractivity contribution is 0.415. The van der Waals surface area contributed by atoms with E-state index in [1.807, 2.05) is 11.7 Å². The minimum atomic E-state index is 0.398. The van der Waals surface area contributed by atoms with Crippen molar-refractivity contribution < 1.29 is 0 Å². The number of nitrogens with one attached hydrogen (secondary N) is 1. The van der Waals surface area contributed by atoms with E-state index in [1.165, 1.54) is 24.8 Å². The highest BCUT2D eigenvalue weighted by Crippen LogP contribution is 2.20. The van der Waals surface area contributed by atoms with Crippen molar-refractivity contribution in [1.29, 1.82) is 0 Å². The van der Waals surface area contributed by atoms with Crippen LogP contribution in [0, 0.1) is 12.8 Å². The normalized spacial score (nSPS) is 21.7. The maximum atomic E-state index is 4.39. The van der Waals surface area contributed by atoms with Gasteiger partial charge in [-0.25, -0.2) is 0 Å². The molecule has 1 aromatic heterocycles. The third kappa shape index (κ3) is 3.19. The Morgan fingerprint density at radius 3 is 2.94 bits per heavy atom. The fraction of sp³-hybridized carbons (Fsp3) is 0.643. The lowest BCUT2D eigenvalue weighted by Gasteiger charge is -2.21.